The van der Waals surface area contributed by atoms with Gasteiger partial charge in [-0.05, 0) is 53.2 Å². The summed E-state index contributed by atoms with van der Waals surface area (Å²) in [4.78, 5) is 1.52. The Labute approximate surface area is 98.0 Å². The second kappa shape index (κ2) is 4.33. The molecule has 3 heteroatoms. The normalized spacial score (nSPS) is 18.4. The van der Waals surface area contributed by atoms with E-state index >= 15 is 0 Å². The van der Waals surface area contributed by atoms with Gasteiger partial charge in [0, 0.05) is 21.3 Å². The van der Waals surface area contributed by atoms with Crippen molar-refractivity contribution in [2.24, 2.45) is 5.41 Å². The molecule has 1 saturated carbocycles. The zero-order chi connectivity index (χ0) is 10.0. The third kappa shape index (κ3) is 2.59. The maximum atomic E-state index is 3.51. The van der Waals surface area contributed by atoms with E-state index < -0.39 is 0 Å². The molecule has 0 aliphatic heterocycles. The highest BCUT2D eigenvalue weighted by molar-refractivity contribution is 9.10. The molecule has 1 aromatic heterocycles. The molecule has 1 aliphatic rings. The molecule has 1 heterocycles. The standard InChI is InChI=1S/C11H16BrNS/c1-2-13-8-11(3-4-11)6-10-5-9(12)7-14-10/h5,7,13H,2-4,6,8H2,1H3. The second-order valence-electron chi connectivity index (χ2n) is 4.19. The molecule has 14 heavy (non-hydrogen) atoms. The lowest BCUT2D eigenvalue weighted by atomic mass is 10.0. The number of hydrogen-bond acceptors (Lipinski definition) is 2. The van der Waals surface area contributed by atoms with E-state index in [2.05, 4.69) is 39.6 Å². The quantitative estimate of drug-likeness (QED) is 0.867. The van der Waals surface area contributed by atoms with Crippen molar-refractivity contribution in [2.75, 3.05) is 13.1 Å². The Morgan fingerprint density at radius 3 is 2.86 bits per heavy atom. The SMILES string of the molecule is CCNCC1(Cc2cc(Br)cs2)CC1. The number of nitrogens with one attached hydrogen (secondary N) is 1. The fraction of sp³-hybridized carbons (Fsp3) is 0.636. The Kier molecular flexibility index (Phi) is 3.30. The molecular weight excluding hydrogens is 258 g/mol. The van der Waals surface area contributed by atoms with Crippen molar-refractivity contribution in [3.05, 3.63) is 20.8 Å². The van der Waals surface area contributed by atoms with Gasteiger partial charge in [0.2, 0.25) is 0 Å². The molecule has 2 rings (SSSR count). The van der Waals surface area contributed by atoms with E-state index in [1.165, 1.54) is 35.2 Å². The Bertz CT molecular complexity index is 304. The first-order valence-electron chi connectivity index (χ1n) is 5.18. The van der Waals surface area contributed by atoms with Crippen LogP contribution < -0.4 is 5.32 Å². The average Bonchev–Trinajstić information content (AvgIpc) is 2.81. The average molecular weight is 274 g/mol. The van der Waals surface area contributed by atoms with E-state index in [0.29, 0.717) is 5.41 Å². The Hall–Kier alpha value is 0.140. The minimum Gasteiger partial charge on any atom is -0.316 e. The van der Waals surface area contributed by atoms with E-state index in [9.17, 15) is 0 Å². The van der Waals surface area contributed by atoms with Gasteiger partial charge in [0.15, 0.2) is 0 Å². The summed E-state index contributed by atoms with van der Waals surface area (Å²) in [5.41, 5.74) is 0.598. The largest absolute Gasteiger partial charge is 0.316 e. The zero-order valence-corrected chi connectivity index (χ0v) is 10.9. The molecule has 1 aromatic rings. The lowest BCUT2D eigenvalue weighted by Gasteiger charge is -2.13. The topological polar surface area (TPSA) is 12.0 Å². The van der Waals surface area contributed by atoms with Crippen LogP contribution in [0.5, 0.6) is 0 Å². The van der Waals surface area contributed by atoms with Gasteiger partial charge in [-0.25, -0.2) is 0 Å². The Balaban J connectivity index is 1.90. The smallest absolute Gasteiger partial charge is 0.0285 e. The highest BCUT2D eigenvalue weighted by Gasteiger charge is 2.42. The minimum atomic E-state index is 0.598. The third-order valence-electron chi connectivity index (χ3n) is 2.88. The van der Waals surface area contributed by atoms with Gasteiger partial charge in [-0.3, -0.25) is 0 Å². The van der Waals surface area contributed by atoms with Gasteiger partial charge >= 0.3 is 0 Å². The molecule has 0 saturated heterocycles. The predicted molar refractivity (Wildman–Crippen MR) is 65.9 cm³/mol. The van der Waals surface area contributed by atoms with Gasteiger partial charge in [-0.2, -0.15) is 0 Å². The van der Waals surface area contributed by atoms with Crippen LogP contribution in [0.3, 0.4) is 0 Å². The van der Waals surface area contributed by atoms with Crippen LogP contribution in [0.4, 0.5) is 0 Å². The summed E-state index contributed by atoms with van der Waals surface area (Å²) in [5.74, 6) is 0. The molecule has 78 valence electrons. The lowest BCUT2D eigenvalue weighted by Crippen LogP contribution is -2.24. The number of halogens is 1. The molecule has 1 aliphatic carbocycles. The van der Waals surface area contributed by atoms with Crippen LogP contribution in [-0.4, -0.2) is 13.1 Å². The van der Waals surface area contributed by atoms with Gasteiger partial charge in [-0.15, -0.1) is 11.3 Å². The number of thiophene rings is 1. The molecule has 1 nitrogen and oxygen atoms in total. The van der Waals surface area contributed by atoms with Gasteiger partial charge in [-0.1, -0.05) is 6.92 Å². The molecule has 1 fully saturated rings. The van der Waals surface area contributed by atoms with Crippen LogP contribution in [0, 0.1) is 5.41 Å². The van der Waals surface area contributed by atoms with Gasteiger partial charge in [0.25, 0.3) is 0 Å². The predicted octanol–water partition coefficient (Wildman–Crippen LogP) is 3.44. The number of rotatable bonds is 5. The summed E-state index contributed by atoms with van der Waals surface area (Å²) in [5, 5.41) is 5.65. The van der Waals surface area contributed by atoms with Crippen molar-refractivity contribution >= 4 is 27.3 Å². The maximum absolute atomic E-state index is 3.51. The highest BCUT2D eigenvalue weighted by atomic mass is 79.9. The van der Waals surface area contributed by atoms with Crippen molar-refractivity contribution in [3.63, 3.8) is 0 Å². The summed E-state index contributed by atoms with van der Waals surface area (Å²) in [7, 11) is 0. The molecular formula is C11H16BrNS. The Morgan fingerprint density at radius 2 is 2.36 bits per heavy atom. The summed E-state index contributed by atoms with van der Waals surface area (Å²) >= 11 is 5.38. The van der Waals surface area contributed by atoms with Crippen LogP contribution in [0.15, 0.2) is 15.9 Å². The molecule has 0 bridgehead atoms. The van der Waals surface area contributed by atoms with E-state index in [1.54, 1.807) is 0 Å². The lowest BCUT2D eigenvalue weighted by molar-refractivity contribution is 0.466. The summed E-state index contributed by atoms with van der Waals surface area (Å²) in [6.45, 7) is 4.46. The van der Waals surface area contributed by atoms with Crippen LogP contribution in [0.25, 0.3) is 0 Å². The van der Waals surface area contributed by atoms with Gasteiger partial charge in [0.1, 0.15) is 0 Å². The molecule has 0 unspecified atom stereocenters. The van der Waals surface area contributed by atoms with Crippen molar-refractivity contribution in [1.82, 2.24) is 5.32 Å². The van der Waals surface area contributed by atoms with Crippen LogP contribution in [-0.2, 0) is 6.42 Å². The highest BCUT2D eigenvalue weighted by Crippen LogP contribution is 2.48. The maximum Gasteiger partial charge on any atom is 0.0285 e. The molecule has 0 spiro atoms. The number of hydrogen-bond donors (Lipinski definition) is 1. The van der Waals surface area contributed by atoms with Crippen molar-refractivity contribution in [3.8, 4) is 0 Å². The second-order valence-corrected chi connectivity index (χ2v) is 6.10. The molecule has 1 N–H and O–H groups in total. The van der Waals surface area contributed by atoms with Crippen LogP contribution in [0.1, 0.15) is 24.6 Å². The molecule has 0 aromatic carbocycles. The van der Waals surface area contributed by atoms with Crippen LogP contribution in [0.2, 0.25) is 0 Å². The summed E-state index contributed by atoms with van der Waals surface area (Å²) < 4.78 is 1.23. The third-order valence-corrected chi connectivity index (χ3v) is 4.58. The first kappa shape index (κ1) is 10.7. The fourth-order valence-corrected chi connectivity index (χ4v) is 3.42. The van der Waals surface area contributed by atoms with Gasteiger partial charge in [0.05, 0.1) is 0 Å². The van der Waals surface area contributed by atoms with E-state index in [-0.39, 0.29) is 0 Å². The van der Waals surface area contributed by atoms with Crippen molar-refractivity contribution in [2.45, 2.75) is 26.2 Å². The van der Waals surface area contributed by atoms with Gasteiger partial charge < -0.3 is 5.32 Å². The van der Waals surface area contributed by atoms with Crippen molar-refractivity contribution in [1.29, 1.82) is 0 Å². The van der Waals surface area contributed by atoms with Crippen molar-refractivity contribution < 1.29 is 0 Å². The van der Waals surface area contributed by atoms with E-state index in [1.807, 2.05) is 11.3 Å². The molecule has 0 radical (unpaired) electrons. The van der Waals surface area contributed by atoms with Crippen LogP contribution >= 0.6 is 27.3 Å². The first-order valence-corrected chi connectivity index (χ1v) is 6.85. The summed E-state index contributed by atoms with van der Waals surface area (Å²) in [6.07, 6.45) is 4.06. The first-order chi connectivity index (χ1) is 6.74. The minimum absolute atomic E-state index is 0.598. The molecule has 0 amide bonds. The fourth-order valence-electron chi connectivity index (χ4n) is 1.80. The van der Waals surface area contributed by atoms with E-state index in [4.69, 9.17) is 0 Å². The monoisotopic (exact) mass is 273 g/mol. The summed E-state index contributed by atoms with van der Waals surface area (Å²) in [6, 6.07) is 2.26. The Morgan fingerprint density at radius 1 is 1.57 bits per heavy atom. The zero-order valence-electron chi connectivity index (χ0n) is 8.48. The van der Waals surface area contributed by atoms with E-state index in [0.717, 1.165) is 6.54 Å². The molecule has 0 atom stereocenters.